The number of carbonyl (C=O) groups excluding carboxylic acids is 4. The molecule has 3 fully saturated rings. The van der Waals surface area contributed by atoms with Gasteiger partial charge in [0.05, 0.1) is 25.0 Å². The quantitative estimate of drug-likeness (QED) is 0.219. The fraction of sp³-hybridized carbons (Fsp3) is 0.778. The molecular formula is C18H20F4O11S. The summed E-state index contributed by atoms with van der Waals surface area (Å²) in [6.45, 7) is -0.181. The molecule has 0 radical (unpaired) electrons. The van der Waals surface area contributed by atoms with Crippen molar-refractivity contribution in [3.8, 4) is 0 Å². The smallest absolute Gasteiger partial charge is 0.431 e. The van der Waals surface area contributed by atoms with Gasteiger partial charge < -0.3 is 18.9 Å². The lowest BCUT2D eigenvalue weighted by molar-refractivity contribution is -0.220. The van der Waals surface area contributed by atoms with E-state index in [4.69, 9.17) is 14.0 Å². The number of alkyl halides is 4. The maximum Gasteiger partial charge on any atom is 0.431 e. The Morgan fingerprint density at radius 2 is 1.38 bits per heavy atom. The van der Waals surface area contributed by atoms with Crippen LogP contribution >= 0.6 is 0 Å². The molecule has 34 heavy (non-hydrogen) atoms. The third-order valence-electron chi connectivity index (χ3n) is 5.96. The Balaban J connectivity index is 1.85. The minimum atomic E-state index is -6.64. The summed E-state index contributed by atoms with van der Waals surface area (Å²) in [5.74, 6) is -16.5. The first-order valence-corrected chi connectivity index (χ1v) is 11.6. The summed E-state index contributed by atoms with van der Waals surface area (Å²) in [6, 6.07) is 0. The second-order valence-corrected chi connectivity index (χ2v) is 9.56. The van der Waals surface area contributed by atoms with Crippen LogP contribution in [0.4, 0.5) is 17.6 Å². The SMILES string of the molecule is O=C(OC1CCOC1=O)C1CCC(C(=O)OC2CCOC2=O)C(C(F)(F)C(F)(F)S(=O)(=O)O)C1. The summed E-state index contributed by atoms with van der Waals surface area (Å²) < 4.78 is 108. The third kappa shape index (κ3) is 4.82. The average molecular weight is 520 g/mol. The monoisotopic (exact) mass is 520 g/mol. The molecule has 0 bridgehead atoms. The number of halogens is 4. The molecule has 11 nitrogen and oxygen atoms in total. The summed E-state index contributed by atoms with van der Waals surface area (Å²) >= 11 is 0. The molecule has 5 atom stereocenters. The lowest BCUT2D eigenvalue weighted by Gasteiger charge is -2.40. The molecule has 2 heterocycles. The van der Waals surface area contributed by atoms with E-state index in [0.29, 0.717) is 0 Å². The number of ether oxygens (including phenoxy) is 4. The van der Waals surface area contributed by atoms with Crippen LogP contribution in [-0.4, -0.2) is 73.4 Å². The Morgan fingerprint density at radius 1 is 0.882 bits per heavy atom. The molecule has 0 aromatic heterocycles. The third-order valence-corrected chi connectivity index (χ3v) is 6.88. The number of esters is 4. The highest BCUT2D eigenvalue weighted by atomic mass is 32.2. The van der Waals surface area contributed by atoms with E-state index in [1.165, 1.54) is 0 Å². The van der Waals surface area contributed by atoms with E-state index in [2.05, 4.69) is 9.47 Å². The largest absolute Gasteiger partial charge is 0.463 e. The van der Waals surface area contributed by atoms with Crippen LogP contribution in [0, 0.1) is 17.8 Å². The van der Waals surface area contributed by atoms with Crippen LogP contribution < -0.4 is 0 Å². The Kier molecular flexibility index (Phi) is 7.13. The fourth-order valence-corrected chi connectivity index (χ4v) is 4.58. The van der Waals surface area contributed by atoms with Gasteiger partial charge in [0.25, 0.3) is 0 Å². The second kappa shape index (κ2) is 9.28. The maximum absolute atomic E-state index is 14.9. The van der Waals surface area contributed by atoms with Gasteiger partial charge in [-0.3, -0.25) is 14.1 Å². The van der Waals surface area contributed by atoms with E-state index in [9.17, 15) is 45.2 Å². The van der Waals surface area contributed by atoms with Crippen LogP contribution in [0.2, 0.25) is 0 Å². The summed E-state index contributed by atoms with van der Waals surface area (Å²) in [7, 11) is -6.64. The van der Waals surface area contributed by atoms with Crippen LogP contribution in [-0.2, 0) is 48.2 Å². The molecule has 1 saturated carbocycles. The minimum Gasteiger partial charge on any atom is -0.463 e. The van der Waals surface area contributed by atoms with Crippen molar-refractivity contribution in [2.45, 2.75) is 55.5 Å². The van der Waals surface area contributed by atoms with Gasteiger partial charge in [0.2, 0.25) is 12.2 Å². The lowest BCUT2D eigenvalue weighted by Crippen LogP contribution is -2.56. The van der Waals surface area contributed by atoms with Crippen LogP contribution in [0.3, 0.4) is 0 Å². The van der Waals surface area contributed by atoms with Crippen molar-refractivity contribution < 1.29 is 68.7 Å². The van der Waals surface area contributed by atoms with Crippen molar-refractivity contribution in [2.75, 3.05) is 13.2 Å². The fourth-order valence-electron chi connectivity index (χ4n) is 4.09. The Bertz CT molecular complexity index is 967. The summed E-state index contributed by atoms with van der Waals surface area (Å²) in [5, 5.41) is -6.02. The van der Waals surface area contributed by atoms with Crippen molar-refractivity contribution in [1.29, 1.82) is 0 Å². The summed E-state index contributed by atoms with van der Waals surface area (Å²) in [6.07, 6.45) is -5.03. The molecule has 3 rings (SSSR count). The summed E-state index contributed by atoms with van der Waals surface area (Å²) in [4.78, 5) is 47.9. The first-order chi connectivity index (χ1) is 15.7. The molecule has 3 aliphatic rings. The molecular weight excluding hydrogens is 500 g/mol. The van der Waals surface area contributed by atoms with Crippen molar-refractivity contribution in [2.24, 2.45) is 17.8 Å². The van der Waals surface area contributed by atoms with Gasteiger partial charge in [-0.15, -0.1) is 0 Å². The number of carbonyl (C=O) groups is 4. The molecule has 16 heteroatoms. The van der Waals surface area contributed by atoms with E-state index in [-0.39, 0.29) is 32.5 Å². The number of cyclic esters (lactones) is 2. The zero-order valence-electron chi connectivity index (χ0n) is 17.3. The van der Waals surface area contributed by atoms with E-state index in [0.717, 1.165) is 0 Å². The normalized spacial score (nSPS) is 30.4. The molecule has 2 aliphatic heterocycles. The average Bonchev–Trinajstić information content (AvgIpc) is 3.34. The highest BCUT2D eigenvalue weighted by Gasteiger charge is 2.71. The Morgan fingerprint density at radius 3 is 1.82 bits per heavy atom. The Hall–Kier alpha value is -2.49. The van der Waals surface area contributed by atoms with Crippen LogP contribution in [0.25, 0.3) is 0 Å². The second-order valence-electron chi connectivity index (χ2n) is 8.10. The summed E-state index contributed by atoms with van der Waals surface area (Å²) in [5.41, 5.74) is 0. The highest BCUT2D eigenvalue weighted by molar-refractivity contribution is 7.87. The Labute approximate surface area is 189 Å². The van der Waals surface area contributed by atoms with Gasteiger partial charge in [0.15, 0.2) is 0 Å². The molecule has 192 valence electrons. The number of hydrogen-bond donors (Lipinski definition) is 1. The molecule has 2 saturated heterocycles. The molecule has 0 aromatic rings. The maximum atomic E-state index is 14.9. The molecule has 1 aliphatic carbocycles. The van der Waals surface area contributed by atoms with Crippen molar-refractivity contribution in [3.63, 3.8) is 0 Å². The topological polar surface area (TPSA) is 160 Å². The van der Waals surface area contributed by atoms with Gasteiger partial charge in [0.1, 0.15) is 0 Å². The molecule has 0 aromatic carbocycles. The minimum absolute atomic E-state index is 0.00977. The zero-order valence-corrected chi connectivity index (χ0v) is 18.1. The van der Waals surface area contributed by atoms with Crippen LogP contribution in [0.5, 0.6) is 0 Å². The van der Waals surface area contributed by atoms with Crippen molar-refractivity contribution in [3.05, 3.63) is 0 Å². The zero-order chi connectivity index (χ0) is 25.5. The lowest BCUT2D eigenvalue weighted by atomic mass is 9.71. The van der Waals surface area contributed by atoms with E-state index < -0.39 is 88.0 Å². The van der Waals surface area contributed by atoms with E-state index >= 15 is 0 Å². The molecule has 0 spiro atoms. The highest BCUT2D eigenvalue weighted by Crippen LogP contribution is 2.52. The predicted molar refractivity (Wildman–Crippen MR) is 96.7 cm³/mol. The first-order valence-electron chi connectivity index (χ1n) is 10.1. The molecule has 5 unspecified atom stereocenters. The molecule has 0 amide bonds. The van der Waals surface area contributed by atoms with Crippen molar-refractivity contribution >= 4 is 34.0 Å². The van der Waals surface area contributed by atoms with Gasteiger partial charge in [-0.25, -0.2) is 9.59 Å². The predicted octanol–water partition coefficient (Wildman–Crippen LogP) is 0.852. The van der Waals surface area contributed by atoms with E-state index in [1.807, 2.05) is 0 Å². The number of rotatable bonds is 7. The van der Waals surface area contributed by atoms with Gasteiger partial charge >= 0.3 is 45.2 Å². The molecule has 1 N–H and O–H groups in total. The van der Waals surface area contributed by atoms with Gasteiger partial charge in [0, 0.05) is 18.8 Å². The van der Waals surface area contributed by atoms with E-state index in [1.54, 1.807) is 0 Å². The van der Waals surface area contributed by atoms with Gasteiger partial charge in [-0.2, -0.15) is 26.0 Å². The first kappa shape index (κ1) is 26.1. The standard InChI is InChI=1S/C18H20F4O11S/c19-17(20,18(21,22)34(27,28)29)10-7-8(13(23)32-11-3-5-30-15(11)25)1-2-9(10)14(24)33-12-4-6-31-16(12)26/h8-12H,1-7H2,(H,27,28,29). The van der Waals surface area contributed by atoms with Crippen LogP contribution in [0.15, 0.2) is 0 Å². The van der Waals surface area contributed by atoms with Crippen molar-refractivity contribution in [1.82, 2.24) is 0 Å². The van der Waals surface area contributed by atoms with Gasteiger partial charge in [-0.1, -0.05) is 0 Å². The van der Waals surface area contributed by atoms with Gasteiger partial charge in [-0.05, 0) is 19.3 Å². The number of hydrogen-bond acceptors (Lipinski definition) is 10. The van der Waals surface area contributed by atoms with Crippen LogP contribution in [0.1, 0.15) is 32.1 Å².